The fourth-order valence-electron chi connectivity index (χ4n) is 2.89. The number of alkyl halides is 3. The highest BCUT2D eigenvalue weighted by Gasteiger charge is 2.41. The summed E-state index contributed by atoms with van der Waals surface area (Å²) in [6, 6.07) is 11.2. The Kier molecular flexibility index (Phi) is 6.06. The molecule has 0 spiro atoms. The third-order valence-corrected chi connectivity index (χ3v) is 5.31. The minimum Gasteiger partial charge on any atom is -0.423 e. The summed E-state index contributed by atoms with van der Waals surface area (Å²) < 4.78 is 43.2. The summed E-state index contributed by atoms with van der Waals surface area (Å²) >= 11 is -0.376. The zero-order chi connectivity index (χ0) is 21.9. The Morgan fingerprint density at radius 2 is 1.77 bits per heavy atom. The minimum absolute atomic E-state index is 0.175. The molecule has 2 aromatic rings. The maximum atomic E-state index is 12.7. The van der Waals surface area contributed by atoms with Crippen molar-refractivity contribution in [3.05, 3.63) is 59.7 Å². The summed E-state index contributed by atoms with van der Waals surface area (Å²) in [5.41, 5.74) is -4.87. The number of carbonyl (C=O) groups excluding carboxylic acids is 3. The second-order valence-electron chi connectivity index (χ2n) is 6.82. The molecule has 3 amide bonds. The highest BCUT2D eigenvalue weighted by atomic mass is 32.2. The fourth-order valence-corrected chi connectivity index (χ4v) is 3.54. The van der Waals surface area contributed by atoms with Crippen LogP contribution in [0.25, 0.3) is 0 Å². The molecule has 3 rings (SSSR count). The van der Waals surface area contributed by atoms with Gasteiger partial charge in [0.05, 0.1) is 5.56 Å². The van der Waals surface area contributed by atoms with E-state index >= 15 is 0 Å². The van der Waals surface area contributed by atoms with E-state index in [-0.39, 0.29) is 28.0 Å². The number of rotatable bonds is 6. The standard InChI is InChI=1S/C20H17F3N2O4S/c1-19(17(27)24-18(28)25-19)11-10-12-6-8-13(9-7-12)29-16(26)14-4-2-3-5-15(14)30-20(21,22)23/h2-9H,10-11H2,1H3,(H2,24,25,27,28)/t19-/m0/s1. The summed E-state index contributed by atoms with van der Waals surface area (Å²) in [6.07, 6.45) is 0.842. The number of hydrogen-bond acceptors (Lipinski definition) is 5. The van der Waals surface area contributed by atoms with E-state index in [9.17, 15) is 27.6 Å². The summed E-state index contributed by atoms with van der Waals surface area (Å²) in [7, 11) is 0. The van der Waals surface area contributed by atoms with Crippen molar-refractivity contribution in [2.75, 3.05) is 0 Å². The molecule has 1 aliphatic rings. The Morgan fingerprint density at radius 1 is 1.10 bits per heavy atom. The average molecular weight is 438 g/mol. The van der Waals surface area contributed by atoms with Gasteiger partial charge in [-0.2, -0.15) is 13.2 Å². The predicted molar refractivity (Wildman–Crippen MR) is 103 cm³/mol. The van der Waals surface area contributed by atoms with Gasteiger partial charge in [-0.25, -0.2) is 9.59 Å². The number of hydrogen-bond donors (Lipinski definition) is 2. The molecular weight excluding hydrogens is 421 g/mol. The van der Waals surface area contributed by atoms with Gasteiger partial charge in [0.15, 0.2) is 0 Å². The lowest BCUT2D eigenvalue weighted by Gasteiger charge is -2.20. The van der Waals surface area contributed by atoms with Crippen LogP contribution in [0.15, 0.2) is 53.4 Å². The molecule has 1 fully saturated rings. The third-order valence-electron chi connectivity index (χ3n) is 4.50. The Bertz CT molecular complexity index is 979. The topological polar surface area (TPSA) is 84.5 Å². The SMILES string of the molecule is C[C@@]1(CCc2ccc(OC(=O)c3ccccc3SC(F)(F)F)cc2)NC(=O)NC1=O. The predicted octanol–water partition coefficient (Wildman–Crippen LogP) is 4.05. The highest BCUT2D eigenvalue weighted by molar-refractivity contribution is 8.00. The second kappa shape index (κ2) is 8.39. The maximum absolute atomic E-state index is 12.7. The number of thioether (sulfide) groups is 1. The lowest BCUT2D eigenvalue weighted by atomic mass is 9.93. The molecule has 0 radical (unpaired) electrons. The molecule has 1 saturated heterocycles. The Hall–Kier alpha value is -3.01. The first kappa shape index (κ1) is 21.7. The van der Waals surface area contributed by atoms with E-state index in [0.717, 1.165) is 5.56 Å². The van der Waals surface area contributed by atoms with Gasteiger partial charge in [0, 0.05) is 4.90 Å². The monoisotopic (exact) mass is 438 g/mol. The summed E-state index contributed by atoms with van der Waals surface area (Å²) in [4.78, 5) is 35.2. The first-order valence-electron chi connectivity index (χ1n) is 8.85. The van der Waals surface area contributed by atoms with Gasteiger partial charge in [-0.15, -0.1) is 0 Å². The first-order chi connectivity index (χ1) is 14.1. The number of urea groups is 1. The zero-order valence-corrected chi connectivity index (χ0v) is 16.5. The van der Waals surface area contributed by atoms with Crippen molar-refractivity contribution < 1.29 is 32.3 Å². The van der Waals surface area contributed by atoms with Crippen LogP contribution in [-0.4, -0.2) is 29.0 Å². The zero-order valence-electron chi connectivity index (χ0n) is 15.7. The molecule has 1 atom stereocenters. The largest absolute Gasteiger partial charge is 0.446 e. The van der Waals surface area contributed by atoms with E-state index in [0.29, 0.717) is 12.8 Å². The van der Waals surface area contributed by atoms with Crippen molar-refractivity contribution in [1.82, 2.24) is 10.6 Å². The molecule has 0 aromatic heterocycles. The number of esters is 1. The minimum atomic E-state index is -4.52. The van der Waals surface area contributed by atoms with Gasteiger partial charge in [0.1, 0.15) is 11.3 Å². The molecule has 2 N–H and O–H groups in total. The van der Waals surface area contributed by atoms with Crippen molar-refractivity contribution in [1.29, 1.82) is 0 Å². The Morgan fingerprint density at radius 3 is 2.37 bits per heavy atom. The van der Waals surface area contributed by atoms with Crippen molar-refractivity contribution in [3.8, 4) is 5.75 Å². The van der Waals surface area contributed by atoms with Gasteiger partial charge in [0.25, 0.3) is 5.91 Å². The third kappa shape index (κ3) is 5.32. The number of ether oxygens (including phenoxy) is 1. The molecule has 10 heteroatoms. The van der Waals surface area contributed by atoms with Gasteiger partial charge in [-0.3, -0.25) is 10.1 Å². The van der Waals surface area contributed by atoms with Gasteiger partial charge in [0.2, 0.25) is 0 Å². The maximum Gasteiger partial charge on any atom is 0.446 e. The number of benzene rings is 2. The van der Waals surface area contributed by atoms with E-state index < -0.39 is 29.0 Å². The number of nitrogens with one attached hydrogen (secondary N) is 2. The van der Waals surface area contributed by atoms with Crippen LogP contribution in [0, 0.1) is 0 Å². The van der Waals surface area contributed by atoms with Crippen LogP contribution in [-0.2, 0) is 11.2 Å². The summed E-state index contributed by atoms with van der Waals surface area (Å²) in [5, 5.41) is 4.77. The van der Waals surface area contributed by atoms with Crippen LogP contribution in [0.1, 0.15) is 29.3 Å². The quantitative estimate of drug-likeness (QED) is 0.308. The van der Waals surface area contributed by atoms with Crippen LogP contribution in [0.5, 0.6) is 5.75 Å². The number of carbonyl (C=O) groups is 3. The molecule has 6 nitrogen and oxygen atoms in total. The highest BCUT2D eigenvalue weighted by Crippen LogP contribution is 2.38. The van der Waals surface area contributed by atoms with Crippen LogP contribution in [0.2, 0.25) is 0 Å². The van der Waals surface area contributed by atoms with E-state index in [4.69, 9.17) is 4.74 Å². The molecule has 0 saturated carbocycles. The van der Waals surface area contributed by atoms with Crippen LogP contribution in [0.3, 0.4) is 0 Å². The van der Waals surface area contributed by atoms with E-state index in [2.05, 4.69) is 10.6 Å². The Labute approximate surface area is 174 Å². The Balaban J connectivity index is 1.63. The van der Waals surface area contributed by atoms with Crippen LogP contribution in [0.4, 0.5) is 18.0 Å². The molecule has 0 unspecified atom stereocenters. The van der Waals surface area contributed by atoms with E-state index in [1.165, 1.54) is 36.4 Å². The summed E-state index contributed by atoms with van der Waals surface area (Å²) in [6.45, 7) is 1.62. The smallest absolute Gasteiger partial charge is 0.423 e. The van der Waals surface area contributed by atoms with Crippen molar-refractivity contribution >= 4 is 29.7 Å². The molecule has 158 valence electrons. The second-order valence-corrected chi connectivity index (χ2v) is 7.92. The number of aryl methyl sites for hydroxylation is 1. The molecule has 2 aromatic carbocycles. The lowest BCUT2D eigenvalue weighted by molar-refractivity contribution is -0.123. The molecule has 1 heterocycles. The molecule has 0 aliphatic carbocycles. The van der Waals surface area contributed by atoms with Gasteiger partial charge in [-0.05, 0) is 61.4 Å². The first-order valence-corrected chi connectivity index (χ1v) is 9.67. The van der Waals surface area contributed by atoms with Gasteiger partial charge in [-0.1, -0.05) is 24.3 Å². The van der Waals surface area contributed by atoms with Crippen LogP contribution >= 0.6 is 11.8 Å². The van der Waals surface area contributed by atoms with Gasteiger partial charge < -0.3 is 10.1 Å². The number of amides is 3. The molecule has 30 heavy (non-hydrogen) atoms. The van der Waals surface area contributed by atoms with Crippen molar-refractivity contribution in [2.45, 2.75) is 35.7 Å². The lowest BCUT2D eigenvalue weighted by Crippen LogP contribution is -2.43. The van der Waals surface area contributed by atoms with Gasteiger partial charge >= 0.3 is 17.5 Å². The van der Waals surface area contributed by atoms with Crippen molar-refractivity contribution in [2.24, 2.45) is 0 Å². The number of imide groups is 1. The molecular formula is C20H17F3N2O4S. The molecule has 0 bridgehead atoms. The molecule has 1 aliphatic heterocycles. The van der Waals surface area contributed by atoms with E-state index in [1.54, 1.807) is 19.1 Å². The normalized spacial score (nSPS) is 18.7. The number of halogens is 3. The average Bonchev–Trinajstić information content (AvgIpc) is 2.92. The van der Waals surface area contributed by atoms with Crippen LogP contribution < -0.4 is 15.4 Å². The fraction of sp³-hybridized carbons (Fsp3) is 0.250. The van der Waals surface area contributed by atoms with E-state index in [1.807, 2.05) is 0 Å². The summed E-state index contributed by atoms with van der Waals surface area (Å²) in [5.74, 6) is -1.12. The van der Waals surface area contributed by atoms with Crippen molar-refractivity contribution in [3.63, 3.8) is 0 Å².